The van der Waals surface area contributed by atoms with Gasteiger partial charge in [-0.25, -0.2) is 4.98 Å². The molecule has 1 heterocycles. The van der Waals surface area contributed by atoms with Crippen molar-refractivity contribution in [2.45, 2.75) is 20.3 Å². The summed E-state index contributed by atoms with van der Waals surface area (Å²) in [6.07, 6.45) is 1.02. The van der Waals surface area contributed by atoms with E-state index in [1.165, 1.54) is 10.4 Å². The van der Waals surface area contributed by atoms with Gasteiger partial charge in [0.2, 0.25) is 0 Å². The maximum atomic E-state index is 5.68. The fraction of sp³-hybridized carbons (Fsp3) is 0.357. The topological polar surface area (TPSA) is 38.9 Å². The molecule has 0 aliphatic heterocycles. The van der Waals surface area contributed by atoms with Crippen LogP contribution >= 0.6 is 27.3 Å². The lowest BCUT2D eigenvalue weighted by Gasteiger charge is -2.05. The highest BCUT2D eigenvalue weighted by atomic mass is 79.9. The van der Waals surface area contributed by atoms with Crippen LogP contribution in [0.1, 0.15) is 17.5 Å². The SMILES string of the molecule is Cc1nc(-c2ccc(Br)cc2)sc1CC(C)CN. The molecule has 1 atom stereocenters. The normalized spacial score (nSPS) is 12.7. The molecule has 18 heavy (non-hydrogen) atoms. The van der Waals surface area contributed by atoms with E-state index in [0.717, 1.165) is 28.1 Å². The van der Waals surface area contributed by atoms with E-state index in [1.807, 2.05) is 12.1 Å². The summed E-state index contributed by atoms with van der Waals surface area (Å²) < 4.78 is 1.09. The number of thiazole rings is 1. The number of hydrogen-bond donors (Lipinski definition) is 1. The van der Waals surface area contributed by atoms with Crippen LogP contribution in [0.3, 0.4) is 0 Å². The number of aromatic nitrogens is 1. The Morgan fingerprint density at radius 2 is 2.00 bits per heavy atom. The molecule has 2 aromatic rings. The van der Waals surface area contributed by atoms with Crippen LogP contribution in [0.2, 0.25) is 0 Å². The molecule has 0 saturated carbocycles. The first-order valence-electron chi connectivity index (χ1n) is 6.02. The lowest BCUT2D eigenvalue weighted by atomic mass is 10.1. The van der Waals surface area contributed by atoms with Crippen molar-refractivity contribution in [2.75, 3.05) is 6.54 Å². The summed E-state index contributed by atoms with van der Waals surface area (Å²) in [6, 6.07) is 8.29. The van der Waals surface area contributed by atoms with Gasteiger partial charge in [0.25, 0.3) is 0 Å². The molecular weight excluding hydrogens is 308 g/mol. The second-order valence-corrected chi connectivity index (χ2v) is 6.58. The molecule has 0 spiro atoms. The molecule has 0 amide bonds. The molecule has 1 aromatic carbocycles. The largest absolute Gasteiger partial charge is 0.330 e. The Bertz CT molecular complexity index is 519. The fourth-order valence-corrected chi connectivity index (χ4v) is 3.23. The number of nitrogens with zero attached hydrogens (tertiary/aromatic N) is 1. The van der Waals surface area contributed by atoms with E-state index in [2.05, 4.69) is 46.9 Å². The lowest BCUT2D eigenvalue weighted by Crippen LogP contribution is -2.12. The Labute approximate surface area is 120 Å². The number of aryl methyl sites for hydroxylation is 1. The summed E-state index contributed by atoms with van der Waals surface area (Å²) >= 11 is 5.23. The molecular formula is C14H17BrN2S. The van der Waals surface area contributed by atoms with Crippen molar-refractivity contribution < 1.29 is 0 Å². The summed E-state index contributed by atoms with van der Waals surface area (Å²) in [5.41, 5.74) is 8.00. The summed E-state index contributed by atoms with van der Waals surface area (Å²) in [7, 11) is 0. The van der Waals surface area contributed by atoms with Gasteiger partial charge in [-0.1, -0.05) is 35.0 Å². The first-order valence-corrected chi connectivity index (χ1v) is 7.63. The molecule has 2 nitrogen and oxygen atoms in total. The molecule has 2 N–H and O–H groups in total. The summed E-state index contributed by atoms with van der Waals surface area (Å²) in [6.45, 7) is 4.99. The van der Waals surface area contributed by atoms with Crippen molar-refractivity contribution in [1.29, 1.82) is 0 Å². The monoisotopic (exact) mass is 324 g/mol. The Morgan fingerprint density at radius 1 is 1.33 bits per heavy atom. The van der Waals surface area contributed by atoms with Crippen molar-refractivity contribution >= 4 is 27.3 Å². The molecule has 2 rings (SSSR count). The molecule has 0 radical (unpaired) electrons. The van der Waals surface area contributed by atoms with Gasteiger partial charge < -0.3 is 5.73 Å². The quantitative estimate of drug-likeness (QED) is 0.922. The minimum atomic E-state index is 0.516. The predicted octanol–water partition coefficient (Wildman–Crippen LogP) is 4.02. The maximum absolute atomic E-state index is 5.68. The average Bonchev–Trinajstić information content (AvgIpc) is 2.71. The zero-order valence-electron chi connectivity index (χ0n) is 10.6. The first kappa shape index (κ1) is 13.7. The third-order valence-corrected chi connectivity index (χ3v) is 4.68. The van der Waals surface area contributed by atoms with Crippen molar-refractivity contribution in [2.24, 2.45) is 11.7 Å². The third kappa shape index (κ3) is 3.19. The number of benzene rings is 1. The van der Waals surface area contributed by atoms with Gasteiger partial charge >= 0.3 is 0 Å². The van der Waals surface area contributed by atoms with E-state index < -0.39 is 0 Å². The van der Waals surface area contributed by atoms with Gasteiger partial charge in [0, 0.05) is 14.9 Å². The van der Waals surface area contributed by atoms with E-state index in [4.69, 9.17) is 5.73 Å². The number of halogens is 1. The second kappa shape index (κ2) is 5.95. The highest BCUT2D eigenvalue weighted by molar-refractivity contribution is 9.10. The molecule has 0 fully saturated rings. The van der Waals surface area contributed by atoms with Crippen LogP contribution < -0.4 is 5.73 Å². The summed E-state index contributed by atoms with van der Waals surface area (Å²) in [5, 5.41) is 1.10. The highest BCUT2D eigenvalue weighted by Gasteiger charge is 2.11. The lowest BCUT2D eigenvalue weighted by molar-refractivity contribution is 0.596. The molecule has 1 aromatic heterocycles. The maximum Gasteiger partial charge on any atom is 0.123 e. The molecule has 96 valence electrons. The standard InChI is InChI=1S/C14H17BrN2S/c1-9(8-16)7-13-10(2)17-14(18-13)11-3-5-12(15)6-4-11/h3-6,9H,7-8,16H2,1-2H3. The van der Waals surface area contributed by atoms with E-state index >= 15 is 0 Å². The predicted molar refractivity (Wildman–Crippen MR) is 81.9 cm³/mol. The van der Waals surface area contributed by atoms with Crippen LogP contribution in [-0.2, 0) is 6.42 Å². The van der Waals surface area contributed by atoms with Crippen LogP contribution in [0, 0.1) is 12.8 Å². The first-order chi connectivity index (χ1) is 8.60. The van der Waals surface area contributed by atoms with Gasteiger partial charge in [0.05, 0.1) is 5.69 Å². The van der Waals surface area contributed by atoms with Crippen molar-refractivity contribution in [3.05, 3.63) is 39.3 Å². The van der Waals surface area contributed by atoms with Crippen LogP contribution in [0.15, 0.2) is 28.7 Å². The average molecular weight is 325 g/mol. The van der Waals surface area contributed by atoms with Gasteiger partial charge in [-0.15, -0.1) is 11.3 Å². The number of hydrogen-bond acceptors (Lipinski definition) is 3. The minimum Gasteiger partial charge on any atom is -0.330 e. The van der Waals surface area contributed by atoms with Gasteiger partial charge in [-0.3, -0.25) is 0 Å². The number of rotatable bonds is 4. The Hall–Kier alpha value is -0.710. The smallest absolute Gasteiger partial charge is 0.123 e. The number of nitrogens with two attached hydrogens (primary N) is 1. The molecule has 0 saturated heterocycles. The van der Waals surface area contributed by atoms with E-state index in [1.54, 1.807) is 11.3 Å². The Morgan fingerprint density at radius 3 is 2.61 bits per heavy atom. The summed E-state index contributed by atoms with van der Waals surface area (Å²) in [5.74, 6) is 0.516. The van der Waals surface area contributed by atoms with Crippen LogP contribution in [-0.4, -0.2) is 11.5 Å². The third-order valence-electron chi connectivity index (χ3n) is 2.92. The molecule has 0 bridgehead atoms. The van der Waals surface area contributed by atoms with Gasteiger partial charge in [-0.2, -0.15) is 0 Å². The van der Waals surface area contributed by atoms with Crippen LogP contribution in [0.25, 0.3) is 10.6 Å². The van der Waals surface area contributed by atoms with Crippen molar-refractivity contribution in [1.82, 2.24) is 4.98 Å². The van der Waals surface area contributed by atoms with Gasteiger partial charge in [0.15, 0.2) is 0 Å². The second-order valence-electron chi connectivity index (χ2n) is 4.58. The molecule has 1 unspecified atom stereocenters. The van der Waals surface area contributed by atoms with Crippen molar-refractivity contribution in [3.63, 3.8) is 0 Å². The Kier molecular flexibility index (Phi) is 4.54. The van der Waals surface area contributed by atoms with E-state index in [0.29, 0.717) is 5.92 Å². The molecule has 0 aliphatic rings. The molecule has 4 heteroatoms. The van der Waals surface area contributed by atoms with E-state index in [-0.39, 0.29) is 0 Å². The Balaban J connectivity index is 2.25. The fourth-order valence-electron chi connectivity index (χ4n) is 1.73. The molecule has 0 aliphatic carbocycles. The van der Waals surface area contributed by atoms with Crippen LogP contribution in [0.4, 0.5) is 0 Å². The van der Waals surface area contributed by atoms with Crippen LogP contribution in [0.5, 0.6) is 0 Å². The zero-order chi connectivity index (χ0) is 13.1. The van der Waals surface area contributed by atoms with Gasteiger partial charge in [-0.05, 0) is 37.9 Å². The van der Waals surface area contributed by atoms with E-state index in [9.17, 15) is 0 Å². The minimum absolute atomic E-state index is 0.516. The zero-order valence-corrected chi connectivity index (χ0v) is 13.0. The van der Waals surface area contributed by atoms with Crippen molar-refractivity contribution in [3.8, 4) is 10.6 Å². The summed E-state index contributed by atoms with van der Waals surface area (Å²) in [4.78, 5) is 6.01. The highest BCUT2D eigenvalue weighted by Crippen LogP contribution is 2.30. The van der Waals surface area contributed by atoms with Gasteiger partial charge in [0.1, 0.15) is 5.01 Å².